The number of amides is 1. The Hall–Kier alpha value is -2.94. The second-order valence-electron chi connectivity index (χ2n) is 6.64. The summed E-state index contributed by atoms with van der Waals surface area (Å²) >= 11 is 0. The minimum absolute atomic E-state index is 0.0112. The van der Waals surface area contributed by atoms with Gasteiger partial charge in [0, 0.05) is 11.8 Å². The molecule has 1 aromatic carbocycles. The normalized spacial score (nSPS) is 18.8. The van der Waals surface area contributed by atoms with Crippen LogP contribution in [-0.2, 0) is 20.0 Å². The van der Waals surface area contributed by atoms with Crippen LogP contribution in [0.25, 0.3) is 0 Å². The van der Waals surface area contributed by atoms with Crippen molar-refractivity contribution in [1.29, 1.82) is 0 Å². The summed E-state index contributed by atoms with van der Waals surface area (Å²) in [5, 5.41) is 5.52. The Morgan fingerprint density at radius 3 is 2.60 bits per heavy atom. The number of benzene rings is 1. The van der Waals surface area contributed by atoms with E-state index in [1.54, 1.807) is 20.8 Å². The molecule has 0 saturated heterocycles. The summed E-state index contributed by atoms with van der Waals surface area (Å²) in [7, 11) is 0. The molecule has 0 spiro atoms. The van der Waals surface area contributed by atoms with E-state index in [0.717, 1.165) is 5.56 Å². The van der Waals surface area contributed by atoms with Gasteiger partial charge in [0.1, 0.15) is 5.60 Å². The minimum atomic E-state index is -0.803. The van der Waals surface area contributed by atoms with Crippen LogP contribution in [0.4, 0.5) is 4.79 Å². The zero-order chi connectivity index (χ0) is 18.5. The lowest BCUT2D eigenvalue weighted by molar-refractivity contribution is -0.116. The zero-order valence-corrected chi connectivity index (χ0v) is 14.8. The highest BCUT2D eigenvalue weighted by Crippen LogP contribution is 2.29. The molecule has 1 atom stereocenters. The number of hydrogen-bond donors (Lipinski definition) is 2. The number of ether oxygens (including phenoxy) is 2. The van der Waals surface area contributed by atoms with E-state index in [9.17, 15) is 9.59 Å². The predicted octanol–water partition coefficient (Wildman–Crippen LogP) is 2.42. The van der Waals surface area contributed by atoms with Gasteiger partial charge in [0.05, 0.1) is 6.54 Å². The van der Waals surface area contributed by atoms with Crippen molar-refractivity contribution in [1.82, 2.24) is 10.6 Å². The van der Waals surface area contributed by atoms with Crippen molar-refractivity contribution in [2.45, 2.75) is 39.0 Å². The summed E-state index contributed by atoms with van der Waals surface area (Å²) in [4.78, 5) is 23.6. The molecule has 1 heterocycles. The van der Waals surface area contributed by atoms with Gasteiger partial charge in [0.25, 0.3) is 5.78 Å². The molecule has 1 aliphatic rings. The van der Waals surface area contributed by atoms with Crippen molar-refractivity contribution in [3.05, 3.63) is 47.9 Å². The van der Waals surface area contributed by atoms with Crippen molar-refractivity contribution in [2.75, 3.05) is 6.54 Å². The topological polar surface area (TPSA) is 76.7 Å². The molecule has 1 aliphatic heterocycles. The Balaban J connectivity index is 1.86. The van der Waals surface area contributed by atoms with E-state index >= 15 is 0 Å². The Morgan fingerprint density at radius 1 is 1.28 bits per heavy atom. The van der Waals surface area contributed by atoms with Crippen molar-refractivity contribution >= 4 is 11.9 Å². The van der Waals surface area contributed by atoms with E-state index in [4.69, 9.17) is 9.47 Å². The number of nitrogens with one attached hydrogen (secondary N) is 2. The van der Waals surface area contributed by atoms with E-state index in [2.05, 4.69) is 22.5 Å². The Kier molecular flexibility index (Phi) is 5.38. The fourth-order valence-corrected chi connectivity index (χ4v) is 2.11. The molecule has 0 aromatic heterocycles. The summed E-state index contributed by atoms with van der Waals surface area (Å²) in [5.41, 5.74) is -0.486. The number of hydrogen-bond acceptors (Lipinski definition) is 5. The fraction of sp³-hybridized carbons (Fsp3) is 0.368. The molecular formula is C19H22N2O4. The number of Topliss-reactive ketones (excluding diaryl/α,β-unsaturated/α-hetero) is 1. The lowest BCUT2D eigenvalue weighted by Crippen LogP contribution is -2.34. The standard InChI is InChI=1S/C19H22N2O4/c1-18(2,3)25-17(23)20-12-8-11-15(22)16-13-21-19(4,24-16)14-9-6-5-7-10-14/h5-7,9-10,13,21H,12H2,1-4H3,(H,20,23). The van der Waals surface area contributed by atoms with Crippen LogP contribution >= 0.6 is 0 Å². The monoisotopic (exact) mass is 342 g/mol. The van der Waals surface area contributed by atoms with E-state index in [1.807, 2.05) is 37.3 Å². The first-order valence-electron chi connectivity index (χ1n) is 7.92. The van der Waals surface area contributed by atoms with E-state index < -0.39 is 23.2 Å². The molecule has 6 nitrogen and oxygen atoms in total. The molecule has 2 rings (SSSR count). The molecule has 2 N–H and O–H groups in total. The third kappa shape index (κ3) is 5.28. The highest BCUT2D eigenvalue weighted by molar-refractivity contribution is 6.07. The second kappa shape index (κ2) is 7.31. The van der Waals surface area contributed by atoms with Crippen LogP contribution in [0, 0.1) is 11.8 Å². The van der Waals surface area contributed by atoms with Crippen LogP contribution in [-0.4, -0.2) is 24.0 Å². The third-order valence-corrected chi connectivity index (χ3v) is 3.26. The maximum Gasteiger partial charge on any atom is 0.408 e. The summed E-state index contributed by atoms with van der Waals surface area (Å²) in [6.45, 7) is 7.14. The van der Waals surface area contributed by atoms with Crippen LogP contribution in [0.5, 0.6) is 0 Å². The molecule has 0 aliphatic carbocycles. The third-order valence-electron chi connectivity index (χ3n) is 3.26. The Bertz CT molecular complexity index is 738. The molecule has 1 amide bonds. The number of carbonyl (C=O) groups excluding carboxylic acids is 2. The molecule has 1 unspecified atom stereocenters. The first-order chi connectivity index (χ1) is 11.7. The summed E-state index contributed by atoms with van der Waals surface area (Å²) in [5.74, 6) is 4.70. The van der Waals surface area contributed by atoms with Gasteiger partial charge < -0.3 is 20.1 Å². The van der Waals surface area contributed by atoms with Gasteiger partial charge in [0.2, 0.25) is 5.72 Å². The van der Waals surface area contributed by atoms with E-state index in [-0.39, 0.29) is 12.3 Å². The van der Waals surface area contributed by atoms with Crippen molar-refractivity contribution in [3.8, 4) is 11.8 Å². The Morgan fingerprint density at radius 2 is 1.96 bits per heavy atom. The smallest absolute Gasteiger partial charge is 0.408 e. The first-order valence-corrected chi connectivity index (χ1v) is 7.92. The maximum absolute atomic E-state index is 12.1. The van der Waals surface area contributed by atoms with Crippen LogP contribution in [0.15, 0.2) is 42.3 Å². The van der Waals surface area contributed by atoms with Crippen LogP contribution in [0.3, 0.4) is 0 Å². The van der Waals surface area contributed by atoms with Gasteiger partial charge in [-0.3, -0.25) is 4.79 Å². The lowest BCUT2D eigenvalue weighted by atomic mass is 10.1. The highest BCUT2D eigenvalue weighted by atomic mass is 16.6. The molecule has 0 bridgehead atoms. The number of carbonyl (C=O) groups is 2. The highest BCUT2D eigenvalue weighted by Gasteiger charge is 2.34. The summed E-state index contributed by atoms with van der Waals surface area (Å²) < 4.78 is 10.8. The first kappa shape index (κ1) is 18.4. The number of allylic oxidation sites excluding steroid dienone is 1. The Labute approximate surface area is 147 Å². The molecule has 0 radical (unpaired) electrons. The van der Waals surface area contributed by atoms with Crippen LogP contribution in [0.1, 0.15) is 33.3 Å². The van der Waals surface area contributed by atoms with Gasteiger partial charge in [-0.15, -0.1) is 0 Å². The number of ketones is 1. The number of alkyl carbamates (subject to hydrolysis) is 1. The fourth-order valence-electron chi connectivity index (χ4n) is 2.11. The van der Waals surface area contributed by atoms with E-state index in [1.165, 1.54) is 6.20 Å². The van der Waals surface area contributed by atoms with Gasteiger partial charge in [-0.1, -0.05) is 36.3 Å². The molecule has 6 heteroatoms. The molecule has 0 saturated carbocycles. The number of rotatable bonds is 3. The average molecular weight is 342 g/mol. The van der Waals surface area contributed by atoms with Gasteiger partial charge in [0.15, 0.2) is 5.76 Å². The van der Waals surface area contributed by atoms with Gasteiger partial charge in [-0.2, -0.15) is 0 Å². The van der Waals surface area contributed by atoms with Gasteiger partial charge >= 0.3 is 6.09 Å². The molecular weight excluding hydrogens is 320 g/mol. The maximum atomic E-state index is 12.1. The largest absolute Gasteiger partial charge is 0.458 e. The summed E-state index contributed by atoms with van der Waals surface area (Å²) in [6, 6.07) is 9.51. The van der Waals surface area contributed by atoms with Crippen molar-refractivity contribution in [3.63, 3.8) is 0 Å². The van der Waals surface area contributed by atoms with Crippen molar-refractivity contribution in [2.24, 2.45) is 0 Å². The van der Waals surface area contributed by atoms with Crippen LogP contribution in [0.2, 0.25) is 0 Å². The lowest BCUT2D eigenvalue weighted by Gasteiger charge is -2.25. The van der Waals surface area contributed by atoms with Gasteiger partial charge in [-0.05, 0) is 33.6 Å². The molecule has 132 valence electrons. The molecule has 25 heavy (non-hydrogen) atoms. The molecule has 0 fully saturated rings. The summed E-state index contributed by atoms with van der Waals surface area (Å²) in [6.07, 6.45) is 0.926. The van der Waals surface area contributed by atoms with Gasteiger partial charge in [-0.25, -0.2) is 4.79 Å². The van der Waals surface area contributed by atoms with Crippen molar-refractivity contribution < 1.29 is 19.1 Å². The average Bonchev–Trinajstić information content (AvgIpc) is 2.94. The quantitative estimate of drug-likeness (QED) is 0.652. The second-order valence-corrected chi connectivity index (χ2v) is 6.64. The van der Waals surface area contributed by atoms with E-state index in [0.29, 0.717) is 0 Å². The SMILES string of the molecule is CC(C)(C)OC(=O)NCC#CC(=O)C1=CNC(C)(c2ccccc2)O1. The van der Waals surface area contributed by atoms with Crippen LogP contribution < -0.4 is 10.6 Å². The minimum Gasteiger partial charge on any atom is -0.458 e. The zero-order valence-electron chi connectivity index (χ0n) is 14.8. The molecule has 1 aromatic rings. The predicted molar refractivity (Wildman–Crippen MR) is 93.1 cm³/mol.